The van der Waals surface area contributed by atoms with Crippen LogP contribution in [0.1, 0.15) is 69.8 Å². The van der Waals surface area contributed by atoms with Crippen LogP contribution in [0.2, 0.25) is 5.02 Å². The first-order valence-corrected chi connectivity index (χ1v) is 13.0. The van der Waals surface area contributed by atoms with Crippen LogP contribution in [0.25, 0.3) is 0 Å². The molecule has 182 valence electrons. The molecule has 7 heteroatoms. The Bertz CT molecular complexity index is 1020. The summed E-state index contributed by atoms with van der Waals surface area (Å²) in [5.41, 5.74) is 0.621. The minimum atomic E-state index is -1.06. The van der Waals surface area contributed by atoms with Gasteiger partial charge in [0, 0.05) is 23.2 Å². The first kappa shape index (κ1) is 23.4. The van der Waals surface area contributed by atoms with Gasteiger partial charge in [-0.3, -0.25) is 4.79 Å². The molecule has 3 N–H and O–H groups in total. The molecule has 2 aromatic rings. The van der Waals surface area contributed by atoms with E-state index in [4.69, 9.17) is 11.6 Å². The summed E-state index contributed by atoms with van der Waals surface area (Å²) in [4.78, 5) is 14.1. The van der Waals surface area contributed by atoms with Gasteiger partial charge in [0.1, 0.15) is 5.66 Å². The van der Waals surface area contributed by atoms with Gasteiger partial charge >= 0.3 is 0 Å². The number of carbonyl (C=O) groups is 1. The lowest BCUT2D eigenvalue weighted by Crippen LogP contribution is -2.56. The number of amides is 1. The second-order valence-corrected chi connectivity index (χ2v) is 10.5. The highest BCUT2D eigenvalue weighted by Gasteiger charge is 2.52. The summed E-state index contributed by atoms with van der Waals surface area (Å²) >= 11 is 6.40. The average molecular weight is 488 g/mol. The Morgan fingerprint density at radius 3 is 2.09 bits per heavy atom. The van der Waals surface area contributed by atoms with E-state index >= 15 is 0 Å². The smallest absolute Gasteiger partial charge is 0.228 e. The van der Waals surface area contributed by atoms with Crippen LogP contribution in [-0.4, -0.2) is 11.9 Å². The van der Waals surface area contributed by atoms with Crippen LogP contribution in [0.15, 0.2) is 36.4 Å². The van der Waals surface area contributed by atoms with Crippen molar-refractivity contribution in [2.75, 3.05) is 10.6 Å². The van der Waals surface area contributed by atoms with Gasteiger partial charge in [0.2, 0.25) is 5.91 Å². The predicted octanol–water partition coefficient (Wildman–Crippen LogP) is 6.95. The number of fused-ring (bicyclic) bond motifs is 1. The molecular formula is C27H32ClF2N3O. The van der Waals surface area contributed by atoms with Crippen molar-refractivity contribution in [1.29, 1.82) is 0 Å². The second-order valence-electron chi connectivity index (χ2n) is 10.1. The largest absolute Gasteiger partial charge is 0.357 e. The molecule has 1 heterocycles. The fourth-order valence-electron chi connectivity index (χ4n) is 6.19. The number of halogens is 3. The summed E-state index contributed by atoms with van der Waals surface area (Å²) < 4.78 is 28.3. The van der Waals surface area contributed by atoms with E-state index < -0.39 is 23.2 Å². The number of anilines is 2. The molecule has 1 unspecified atom stereocenters. The molecule has 2 aliphatic carbocycles. The zero-order chi connectivity index (χ0) is 23.7. The lowest BCUT2D eigenvalue weighted by Gasteiger charge is -2.44. The molecule has 1 amide bonds. The summed E-state index contributed by atoms with van der Waals surface area (Å²) in [6.07, 6.45) is 10.6. The minimum absolute atomic E-state index is 0.00692. The summed E-state index contributed by atoms with van der Waals surface area (Å²) in [6.45, 7) is 0. The molecule has 1 atom stereocenters. The molecule has 2 saturated carbocycles. The van der Waals surface area contributed by atoms with E-state index in [-0.39, 0.29) is 17.9 Å². The number of hydrogen-bond donors (Lipinski definition) is 3. The normalized spacial score (nSPS) is 21.3. The second kappa shape index (κ2) is 9.73. The lowest BCUT2D eigenvalue weighted by molar-refractivity contribution is -0.130. The molecule has 1 aliphatic heterocycles. The van der Waals surface area contributed by atoms with E-state index in [1.165, 1.54) is 18.6 Å². The maximum Gasteiger partial charge on any atom is 0.228 e. The standard InChI is InChI=1S/C27H32ClF2N3O/c28-19-11-7-10-18(14-19)27(32-23-15-21(29)22(30)16-24(23)33-27)25(17-8-3-1-4-9-17)26(34)31-20-12-5-2-6-13-20/h7,10-11,14-17,20,25,32-33H,1-6,8-9,12-13H2,(H,31,34). The third-order valence-electron chi connectivity index (χ3n) is 7.83. The highest BCUT2D eigenvalue weighted by atomic mass is 35.5. The highest BCUT2D eigenvalue weighted by Crippen LogP contribution is 2.49. The quantitative estimate of drug-likeness (QED) is 0.427. The molecule has 0 bridgehead atoms. The lowest BCUT2D eigenvalue weighted by atomic mass is 9.71. The highest BCUT2D eigenvalue weighted by molar-refractivity contribution is 6.30. The molecule has 3 aliphatic rings. The van der Waals surface area contributed by atoms with Crippen LogP contribution >= 0.6 is 11.6 Å². The van der Waals surface area contributed by atoms with Gasteiger partial charge in [-0.05, 0) is 49.3 Å². The van der Waals surface area contributed by atoms with E-state index in [2.05, 4.69) is 16.0 Å². The predicted molar refractivity (Wildman–Crippen MR) is 132 cm³/mol. The summed E-state index contributed by atoms with van der Waals surface area (Å²) in [6, 6.07) is 9.91. The number of hydrogen-bond acceptors (Lipinski definition) is 3. The zero-order valence-corrected chi connectivity index (χ0v) is 20.1. The maximum absolute atomic E-state index is 14.2. The SMILES string of the molecule is O=C(NC1CCCCC1)C(C1CCCCC1)C1(c2cccc(Cl)c2)Nc2cc(F)c(F)cc2N1. The Morgan fingerprint density at radius 2 is 1.50 bits per heavy atom. The fourth-order valence-corrected chi connectivity index (χ4v) is 6.38. The first-order valence-electron chi connectivity index (χ1n) is 12.6. The van der Waals surface area contributed by atoms with Gasteiger partial charge < -0.3 is 16.0 Å². The first-order chi connectivity index (χ1) is 16.5. The van der Waals surface area contributed by atoms with Crippen LogP contribution in [0, 0.1) is 23.5 Å². The van der Waals surface area contributed by atoms with Crippen molar-refractivity contribution in [2.24, 2.45) is 11.8 Å². The van der Waals surface area contributed by atoms with Gasteiger partial charge in [-0.1, -0.05) is 62.3 Å². The van der Waals surface area contributed by atoms with Crippen molar-refractivity contribution in [3.63, 3.8) is 0 Å². The molecule has 34 heavy (non-hydrogen) atoms. The van der Waals surface area contributed by atoms with Crippen LogP contribution < -0.4 is 16.0 Å². The van der Waals surface area contributed by atoms with Gasteiger partial charge in [-0.2, -0.15) is 0 Å². The van der Waals surface area contributed by atoms with Gasteiger partial charge in [0.15, 0.2) is 11.6 Å². The topological polar surface area (TPSA) is 53.2 Å². The van der Waals surface area contributed by atoms with E-state index in [0.717, 1.165) is 63.4 Å². The third-order valence-corrected chi connectivity index (χ3v) is 8.06. The van der Waals surface area contributed by atoms with Crippen molar-refractivity contribution >= 4 is 28.9 Å². The molecule has 5 rings (SSSR count). The molecular weight excluding hydrogens is 456 g/mol. The summed E-state index contributed by atoms with van der Waals surface area (Å²) in [5, 5.41) is 10.8. The van der Waals surface area contributed by atoms with Gasteiger partial charge in [-0.15, -0.1) is 0 Å². The van der Waals surface area contributed by atoms with Gasteiger partial charge in [-0.25, -0.2) is 8.78 Å². The van der Waals surface area contributed by atoms with Crippen molar-refractivity contribution < 1.29 is 13.6 Å². The van der Waals surface area contributed by atoms with Crippen molar-refractivity contribution in [3.05, 3.63) is 58.6 Å². The van der Waals surface area contributed by atoms with Crippen molar-refractivity contribution in [2.45, 2.75) is 75.9 Å². The Hall–Kier alpha value is -2.34. The summed E-state index contributed by atoms with van der Waals surface area (Å²) in [7, 11) is 0. The fraction of sp³-hybridized carbons (Fsp3) is 0.519. The van der Waals surface area contributed by atoms with E-state index in [1.54, 1.807) is 6.07 Å². The van der Waals surface area contributed by atoms with Crippen LogP contribution in [0.5, 0.6) is 0 Å². The molecule has 0 saturated heterocycles. The maximum atomic E-state index is 14.2. The van der Waals surface area contributed by atoms with E-state index in [0.29, 0.717) is 16.4 Å². The average Bonchev–Trinajstić information content (AvgIpc) is 3.19. The van der Waals surface area contributed by atoms with Crippen LogP contribution in [-0.2, 0) is 10.5 Å². The third kappa shape index (κ3) is 4.49. The number of nitrogens with one attached hydrogen (secondary N) is 3. The zero-order valence-electron chi connectivity index (χ0n) is 19.3. The molecule has 4 nitrogen and oxygen atoms in total. The molecule has 0 radical (unpaired) electrons. The minimum Gasteiger partial charge on any atom is -0.357 e. The van der Waals surface area contributed by atoms with Crippen molar-refractivity contribution in [3.8, 4) is 0 Å². The number of carbonyl (C=O) groups excluding carboxylic acids is 1. The molecule has 0 aromatic heterocycles. The number of rotatable bonds is 5. The Morgan fingerprint density at radius 1 is 0.912 bits per heavy atom. The Kier molecular flexibility index (Phi) is 6.70. The van der Waals surface area contributed by atoms with Gasteiger partial charge in [0.05, 0.1) is 17.3 Å². The van der Waals surface area contributed by atoms with E-state index in [9.17, 15) is 13.6 Å². The monoisotopic (exact) mass is 487 g/mol. The summed E-state index contributed by atoms with van der Waals surface area (Å²) in [5.74, 6) is -2.20. The molecule has 2 fully saturated rings. The Labute approximate surface area is 204 Å². The molecule has 2 aromatic carbocycles. The van der Waals surface area contributed by atoms with E-state index in [1.807, 2.05) is 18.2 Å². The molecule has 0 spiro atoms. The van der Waals surface area contributed by atoms with Crippen molar-refractivity contribution in [1.82, 2.24) is 5.32 Å². The Balaban J connectivity index is 1.59. The van der Waals surface area contributed by atoms with Crippen LogP contribution in [0.3, 0.4) is 0 Å². The van der Waals surface area contributed by atoms with Crippen LogP contribution in [0.4, 0.5) is 20.2 Å². The van der Waals surface area contributed by atoms with Gasteiger partial charge in [0.25, 0.3) is 0 Å². The number of benzene rings is 2.